The molecule has 0 aliphatic rings. The van der Waals surface area contributed by atoms with Gasteiger partial charge in [-0.1, -0.05) is 12.1 Å². The Hall–Kier alpha value is -1.95. The van der Waals surface area contributed by atoms with Gasteiger partial charge in [-0.25, -0.2) is 4.79 Å². The molecule has 0 bridgehead atoms. The van der Waals surface area contributed by atoms with Gasteiger partial charge in [0.05, 0.1) is 6.61 Å². The highest BCUT2D eigenvalue weighted by molar-refractivity contribution is 5.71. The molecular formula is C13H21N3O3. The largest absolute Gasteiger partial charge is 0.490 e. The summed E-state index contributed by atoms with van der Waals surface area (Å²) in [5.41, 5.74) is 4.94. The highest BCUT2D eigenvalue weighted by Crippen LogP contribution is 2.25. The van der Waals surface area contributed by atoms with E-state index in [0.717, 1.165) is 11.5 Å². The number of hydrogen-bond acceptors (Lipinski definition) is 4. The topological polar surface area (TPSA) is 85.6 Å². The summed E-state index contributed by atoms with van der Waals surface area (Å²) in [4.78, 5) is 10.4. The first kappa shape index (κ1) is 15.1. The van der Waals surface area contributed by atoms with E-state index >= 15 is 0 Å². The van der Waals surface area contributed by atoms with E-state index in [-0.39, 0.29) is 0 Å². The van der Waals surface area contributed by atoms with E-state index in [0.29, 0.717) is 32.8 Å². The predicted molar refractivity (Wildman–Crippen MR) is 73.6 cm³/mol. The van der Waals surface area contributed by atoms with Crippen molar-refractivity contribution in [3.05, 3.63) is 24.3 Å². The minimum Gasteiger partial charge on any atom is -0.490 e. The third-order valence-corrected chi connectivity index (χ3v) is 2.29. The van der Waals surface area contributed by atoms with Crippen LogP contribution in [0.3, 0.4) is 0 Å². The lowest BCUT2D eigenvalue weighted by Gasteiger charge is -2.11. The quantitative estimate of drug-likeness (QED) is 0.576. The van der Waals surface area contributed by atoms with E-state index < -0.39 is 6.03 Å². The van der Waals surface area contributed by atoms with Crippen molar-refractivity contribution in [3.8, 4) is 11.5 Å². The van der Waals surface area contributed by atoms with Crippen LogP contribution in [-0.2, 0) is 0 Å². The van der Waals surface area contributed by atoms with Crippen molar-refractivity contribution < 1.29 is 14.3 Å². The van der Waals surface area contributed by atoms with Gasteiger partial charge >= 0.3 is 6.03 Å². The number of urea groups is 1. The summed E-state index contributed by atoms with van der Waals surface area (Å²) in [5.74, 6) is 1.49. The van der Waals surface area contributed by atoms with Gasteiger partial charge in [-0.3, -0.25) is 0 Å². The molecule has 0 atom stereocenters. The molecule has 4 N–H and O–H groups in total. The van der Waals surface area contributed by atoms with E-state index in [1.165, 1.54) is 0 Å². The second-order valence-electron chi connectivity index (χ2n) is 3.77. The van der Waals surface area contributed by atoms with Crippen LogP contribution in [-0.4, -0.2) is 38.9 Å². The van der Waals surface area contributed by atoms with Crippen LogP contribution in [0, 0.1) is 0 Å². The zero-order valence-electron chi connectivity index (χ0n) is 11.1. The summed E-state index contributed by atoms with van der Waals surface area (Å²) in [6.07, 6.45) is 0. The minimum absolute atomic E-state index is 0.505. The number of carbonyl (C=O) groups is 1. The van der Waals surface area contributed by atoms with Gasteiger partial charge in [0.2, 0.25) is 0 Å². The molecule has 6 nitrogen and oxygen atoms in total. The summed E-state index contributed by atoms with van der Waals surface area (Å²) < 4.78 is 11.1. The Bertz CT molecular complexity index is 385. The maximum atomic E-state index is 10.4. The van der Waals surface area contributed by atoms with E-state index in [2.05, 4.69) is 10.6 Å². The van der Waals surface area contributed by atoms with Crippen molar-refractivity contribution in [2.24, 2.45) is 5.73 Å². The minimum atomic E-state index is -0.510. The zero-order valence-corrected chi connectivity index (χ0v) is 11.1. The van der Waals surface area contributed by atoms with Crippen molar-refractivity contribution in [2.45, 2.75) is 6.92 Å². The number of nitrogens with one attached hydrogen (secondary N) is 2. The van der Waals surface area contributed by atoms with Crippen LogP contribution in [0.15, 0.2) is 24.3 Å². The summed E-state index contributed by atoms with van der Waals surface area (Å²) in [5, 5.41) is 5.62. The van der Waals surface area contributed by atoms with E-state index in [4.69, 9.17) is 15.2 Å². The lowest BCUT2D eigenvalue weighted by atomic mass is 10.3. The molecule has 0 fully saturated rings. The van der Waals surface area contributed by atoms with Crippen LogP contribution >= 0.6 is 0 Å². The van der Waals surface area contributed by atoms with Crippen LogP contribution in [0.1, 0.15) is 6.92 Å². The number of para-hydroxylation sites is 2. The first-order valence-corrected chi connectivity index (χ1v) is 6.32. The number of hydrogen-bond donors (Lipinski definition) is 3. The molecule has 0 saturated carbocycles. The molecular weight excluding hydrogens is 246 g/mol. The lowest BCUT2D eigenvalue weighted by molar-refractivity contribution is 0.248. The first-order valence-electron chi connectivity index (χ1n) is 6.32. The number of benzene rings is 1. The molecule has 0 radical (unpaired) electrons. The molecule has 19 heavy (non-hydrogen) atoms. The molecule has 0 spiro atoms. The van der Waals surface area contributed by atoms with Gasteiger partial charge in [0.25, 0.3) is 0 Å². The molecule has 1 rings (SSSR count). The third-order valence-electron chi connectivity index (χ3n) is 2.29. The molecule has 0 heterocycles. The van der Waals surface area contributed by atoms with Crippen molar-refractivity contribution in [1.29, 1.82) is 0 Å². The second kappa shape index (κ2) is 9.04. The van der Waals surface area contributed by atoms with Crippen LogP contribution in [0.25, 0.3) is 0 Å². The Labute approximate surface area is 113 Å². The molecule has 0 aromatic heterocycles. The first-order chi connectivity index (χ1) is 9.24. The van der Waals surface area contributed by atoms with Crippen molar-refractivity contribution in [1.82, 2.24) is 10.6 Å². The van der Waals surface area contributed by atoms with Gasteiger partial charge in [-0.05, 0) is 19.1 Å². The normalized spacial score (nSPS) is 9.95. The number of nitrogens with two attached hydrogens (primary N) is 1. The smallest absolute Gasteiger partial charge is 0.312 e. The Morgan fingerprint density at radius 1 is 1.16 bits per heavy atom. The molecule has 1 aromatic carbocycles. The molecule has 106 valence electrons. The second-order valence-corrected chi connectivity index (χ2v) is 3.77. The standard InChI is InChI=1S/C13H21N3O3/c1-2-18-11-5-3-4-6-12(11)19-10-9-15-7-8-16-13(14)17/h3-6,15H,2,7-10H2,1H3,(H3,14,16,17). The monoisotopic (exact) mass is 267 g/mol. The molecule has 0 saturated heterocycles. The van der Waals surface area contributed by atoms with Gasteiger partial charge in [-0.15, -0.1) is 0 Å². The van der Waals surface area contributed by atoms with Crippen molar-refractivity contribution in [3.63, 3.8) is 0 Å². The number of rotatable bonds is 9. The van der Waals surface area contributed by atoms with Crippen LogP contribution < -0.4 is 25.8 Å². The fourth-order valence-corrected chi connectivity index (χ4v) is 1.48. The fourth-order valence-electron chi connectivity index (χ4n) is 1.48. The third kappa shape index (κ3) is 6.52. The zero-order chi connectivity index (χ0) is 13.9. The fraction of sp³-hybridized carbons (Fsp3) is 0.462. The highest BCUT2D eigenvalue weighted by atomic mass is 16.5. The summed E-state index contributed by atoms with van der Waals surface area (Å²) in [6, 6.07) is 7.06. The van der Waals surface area contributed by atoms with Crippen molar-refractivity contribution >= 4 is 6.03 Å². The number of primary amides is 1. The Kier molecular flexibility index (Phi) is 7.19. The molecule has 1 aromatic rings. The Balaban J connectivity index is 2.17. The molecule has 0 aliphatic carbocycles. The van der Waals surface area contributed by atoms with Crippen LogP contribution in [0.4, 0.5) is 4.79 Å². The lowest BCUT2D eigenvalue weighted by Crippen LogP contribution is -2.36. The number of carbonyl (C=O) groups excluding carboxylic acids is 1. The molecule has 2 amide bonds. The maximum Gasteiger partial charge on any atom is 0.312 e. The van der Waals surface area contributed by atoms with E-state index in [9.17, 15) is 4.79 Å². The van der Waals surface area contributed by atoms with Gasteiger partial charge in [-0.2, -0.15) is 0 Å². The summed E-state index contributed by atoms with van der Waals surface area (Å²) in [7, 11) is 0. The van der Waals surface area contributed by atoms with Gasteiger partial charge < -0.3 is 25.8 Å². The molecule has 0 unspecified atom stereocenters. The van der Waals surface area contributed by atoms with Crippen molar-refractivity contribution in [2.75, 3.05) is 32.8 Å². The van der Waals surface area contributed by atoms with E-state index in [1.807, 2.05) is 31.2 Å². The number of ether oxygens (including phenoxy) is 2. The highest BCUT2D eigenvalue weighted by Gasteiger charge is 2.02. The summed E-state index contributed by atoms with van der Waals surface area (Å²) >= 11 is 0. The Morgan fingerprint density at radius 3 is 2.47 bits per heavy atom. The van der Waals surface area contributed by atoms with E-state index in [1.54, 1.807) is 0 Å². The SMILES string of the molecule is CCOc1ccccc1OCCNCCNC(N)=O. The predicted octanol–water partition coefficient (Wildman–Crippen LogP) is 0.722. The summed E-state index contributed by atoms with van der Waals surface area (Å²) in [6.45, 7) is 4.91. The average molecular weight is 267 g/mol. The van der Waals surface area contributed by atoms with Crippen LogP contribution in [0.5, 0.6) is 11.5 Å². The Morgan fingerprint density at radius 2 is 1.84 bits per heavy atom. The van der Waals surface area contributed by atoms with Gasteiger partial charge in [0, 0.05) is 19.6 Å². The maximum absolute atomic E-state index is 10.4. The molecule has 0 aliphatic heterocycles. The van der Waals surface area contributed by atoms with Crippen LogP contribution in [0.2, 0.25) is 0 Å². The average Bonchev–Trinajstić information content (AvgIpc) is 2.39. The van der Waals surface area contributed by atoms with Gasteiger partial charge in [0.1, 0.15) is 6.61 Å². The molecule has 6 heteroatoms. The number of amides is 2. The van der Waals surface area contributed by atoms with Gasteiger partial charge in [0.15, 0.2) is 11.5 Å².